The Morgan fingerprint density at radius 1 is 1.00 bits per heavy atom. The van der Waals surface area contributed by atoms with Crippen LogP contribution in [-0.4, -0.2) is 29.9 Å². The third-order valence-electron chi connectivity index (χ3n) is 4.51. The fourth-order valence-electron chi connectivity index (χ4n) is 2.85. The summed E-state index contributed by atoms with van der Waals surface area (Å²) in [6.07, 6.45) is 1.66. The molecule has 3 aromatic rings. The van der Waals surface area contributed by atoms with Crippen LogP contribution in [-0.2, 0) is 4.79 Å². The Hall–Kier alpha value is -3.48. The quantitative estimate of drug-likeness (QED) is 0.667. The second-order valence-corrected chi connectivity index (χ2v) is 6.91. The molecule has 0 saturated carbocycles. The molecule has 0 saturated heterocycles. The molecule has 1 atom stereocenters. The maximum Gasteiger partial charge on any atom is 0.287 e. The summed E-state index contributed by atoms with van der Waals surface area (Å²) >= 11 is 0. The summed E-state index contributed by atoms with van der Waals surface area (Å²) in [5.41, 5.74) is 2.24. The highest BCUT2D eigenvalue weighted by Crippen LogP contribution is 2.24. The molecule has 0 aliphatic heterocycles. The van der Waals surface area contributed by atoms with Crippen LogP contribution in [0.5, 0.6) is 0 Å². The lowest BCUT2D eigenvalue weighted by Crippen LogP contribution is -2.48. The van der Waals surface area contributed by atoms with E-state index in [-0.39, 0.29) is 23.4 Å². The van der Waals surface area contributed by atoms with Gasteiger partial charge in [-0.05, 0) is 41.8 Å². The van der Waals surface area contributed by atoms with Gasteiger partial charge in [-0.1, -0.05) is 32.0 Å². The lowest BCUT2D eigenvalue weighted by molar-refractivity contribution is -0.123. The number of hydrogen-bond acceptors (Lipinski definition) is 4. The smallest absolute Gasteiger partial charge is 0.287 e. The van der Waals surface area contributed by atoms with Gasteiger partial charge in [0.15, 0.2) is 11.5 Å². The lowest BCUT2D eigenvalue weighted by atomic mass is 10.0. The van der Waals surface area contributed by atoms with Gasteiger partial charge in [0, 0.05) is 18.8 Å². The number of aromatic nitrogens is 1. The van der Waals surface area contributed by atoms with Crippen LogP contribution in [0, 0.1) is 11.7 Å². The number of nitrogens with one attached hydrogen (secondary N) is 2. The second-order valence-electron chi connectivity index (χ2n) is 6.91. The zero-order valence-electron chi connectivity index (χ0n) is 16.4. The highest BCUT2D eigenvalue weighted by Gasteiger charge is 2.25. The van der Waals surface area contributed by atoms with Crippen molar-refractivity contribution in [3.8, 4) is 22.6 Å². The number of carbonyl (C=O) groups is 2. The normalized spacial score (nSPS) is 11.9. The van der Waals surface area contributed by atoms with E-state index in [1.165, 1.54) is 19.2 Å². The van der Waals surface area contributed by atoms with E-state index in [1.54, 1.807) is 36.5 Å². The summed E-state index contributed by atoms with van der Waals surface area (Å²) < 4.78 is 18.7. The Labute approximate surface area is 168 Å². The Balaban J connectivity index is 1.74. The van der Waals surface area contributed by atoms with Crippen LogP contribution >= 0.6 is 0 Å². The Bertz CT molecular complexity index is 995. The molecule has 3 rings (SSSR count). The van der Waals surface area contributed by atoms with Crippen molar-refractivity contribution < 1.29 is 18.4 Å². The van der Waals surface area contributed by atoms with E-state index in [9.17, 15) is 14.0 Å². The van der Waals surface area contributed by atoms with Crippen molar-refractivity contribution in [1.29, 1.82) is 0 Å². The first-order valence-corrected chi connectivity index (χ1v) is 9.23. The van der Waals surface area contributed by atoms with E-state index in [1.807, 2.05) is 19.9 Å². The Morgan fingerprint density at radius 3 is 2.28 bits per heavy atom. The van der Waals surface area contributed by atoms with Gasteiger partial charge in [0.1, 0.15) is 17.6 Å². The molecule has 29 heavy (non-hydrogen) atoms. The monoisotopic (exact) mass is 395 g/mol. The molecule has 0 unspecified atom stereocenters. The molecule has 0 aliphatic carbocycles. The van der Waals surface area contributed by atoms with E-state index in [0.29, 0.717) is 11.5 Å². The van der Waals surface area contributed by atoms with Crippen LogP contribution in [0.1, 0.15) is 24.4 Å². The number of likely N-dealkylation sites (N-methyl/N-ethyl adjacent to an activating group) is 1. The minimum absolute atomic E-state index is 0.0750. The van der Waals surface area contributed by atoms with Crippen molar-refractivity contribution in [2.75, 3.05) is 7.05 Å². The summed E-state index contributed by atoms with van der Waals surface area (Å²) in [5.74, 6) is -0.578. The number of rotatable bonds is 6. The fraction of sp³-hybridized carbons (Fsp3) is 0.227. The standard InChI is InChI=1S/C22H22FN3O3/c1-13(2)20(22(28)24-3)26-21(27)19-11-10-18(29-19)17-9-6-15(12-25-17)14-4-7-16(23)8-5-14/h4-13,20H,1-3H3,(H,24,28)(H,26,27)/t20-/m0/s1. The highest BCUT2D eigenvalue weighted by molar-refractivity contribution is 5.96. The first-order chi connectivity index (χ1) is 13.9. The topological polar surface area (TPSA) is 84.2 Å². The van der Waals surface area contributed by atoms with Gasteiger partial charge in [-0.2, -0.15) is 0 Å². The van der Waals surface area contributed by atoms with Gasteiger partial charge in [-0.3, -0.25) is 14.6 Å². The van der Waals surface area contributed by atoms with Gasteiger partial charge >= 0.3 is 0 Å². The average molecular weight is 395 g/mol. The molecule has 0 spiro atoms. The molecule has 2 aromatic heterocycles. The largest absolute Gasteiger partial charge is 0.449 e. The number of halogens is 1. The van der Waals surface area contributed by atoms with Crippen molar-refractivity contribution >= 4 is 11.8 Å². The minimum atomic E-state index is -0.658. The van der Waals surface area contributed by atoms with Crippen LogP contribution in [0.3, 0.4) is 0 Å². The Kier molecular flexibility index (Phi) is 6.07. The molecule has 0 fully saturated rings. The van der Waals surface area contributed by atoms with Crippen LogP contribution in [0.25, 0.3) is 22.6 Å². The van der Waals surface area contributed by atoms with Crippen molar-refractivity contribution in [2.45, 2.75) is 19.9 Å². The van der Waals surface area contributed by atoms with Crippen molar-refractivity contribution in [3.05, 3.63) is 66.3 Å². The zero-order valence-corrected chi connectivity index (χ0v) is 16.4. The number of pyridine rings is 1. The van der Waals surface area contributed by atoms with Gasteiger partial charge < -0.3 is 15.1 Å². The molecule has 2 heterocycles. The molecule has 6 nitrogen and oxygen atoms in total. The summed E-state index contributed by atoms with van der Waals surface area (Å²) in [6, 6.07) is 12.3. The number of furan rings is 1. The Morgan fingerprint density at radius 2 is 1.69 bits per heavy atom. The van der Waals surface area contributed by atoms with Gasteiger partial charge in [0.2, 0.25) is 5.91 Å². The van der Waals surface area contributed by atoms with E-state index >= 15 is 0 Å². The highest BCUT2D eigenvalue weighted by atomic mass is 19.1. The molecular formula is C22H22FN3O3. The number of nitrogens with zero attached hydrogens (tertiary/aromatic N) is 1. The van der Waals surface area contributed by atoms with Crippen LogP contribution in [0.4, 0.5) is 4.39 Å². The first-order valence-electron chi connectivity index (χ1n) is 9.23. The molecule has 2 N–H and O–H groups in total. The van der Waals surface area contributed by atoms with Gasteiger partial charge in [-0.25, -0.2) is 4.39 Å². The van der Waals surface area contributed by atoms with E-state index in [0.717, 1.165) is 11.1 Å². The molecule has 0 bridgehead atoms. The third kappa shape index (κ3) is 4.68. The van der Waals surface area contributed by atoms with Crippen LogP contribution in [0.2, 0.25) is 0 Å². The van der Waals surface area contributed by atoms with Crippen molar-refractivity contribution in [1.82, 2.24) is 15.6 Å². The van der Waals surface area contributed by atoms with Crippen molar-refractivity contribution in [2.24, 2.45) is 5.92 Å². The van der Waals surface area contributed by atoms with Gasteiger partial charge in [0.25, 0.3) is 5.91 Å². The minimum Gasteiger partial charge on any atom is -0.449 e. The van der Waals surface area contributed by atoms with Crippen molar-refractivity contribution in [3.63, 3.8) is 0 Å². The van der Waals surface area contributed by atoms with E-state index < -0.39 is 11.9 Å². The lowest BCUT2D eigenvalue weighted by Gasteiger charge is -2.19. The van der Waals surface area contributed by atoms with Crippen LogP contribution < -0.4 is 10.6 Å². The molecule has 0 radical (unpaired) electrons. The molecule has 150 valence electrons. The predicted molar refractivity (Wildman–Crippen MR) is 107 cm³/mol. The number of hydrogen-bond donors (Lipinski definition) is 2. The molecule has 1 aromatic carbocycles. The SMILES string of the molecule is CNC(=O)[C@@H](NC(=O)c1ccc(-c2ccc(-c3ccc(F)cc3)cn2)o1)C(C)C. The summed E-state index contributed by atoms with van der Waals surface area (Å²) in [5, 5.41) is 5.23. The molecule has 2 amide bonds. The summed E-state index contributed by atoms with van der Waals surface area (Å²) in [4.78, 5) is 28.8. The van der Waals surface area contributed by atoms with Gasteiger partial charge in [0.05, 0.1) is 0 Å². The third-order valence-corrected chi connectivity index (χ3v) is 4.51. The average Bonchev–Trinajstić information content (AvgIpc) is 3.22. The maximum atomic E-state index is 13.1. The summed E-state index contributed by atoms with van der Waals surface area (Å²) in [7, 11) is 1.52. The van der Waals surface area contributed by atoms with Crippen LogP contribution in [0.15, 0.2) is 59.1 Å². The fourth-order valence-corrected chi connectivity index (χ4v) is 2.85. The first kappa shape index (κ1) is 20.3. The maximum absolute atomic E-state index is 13.1. The van der Waals surface area contributed by atoms with E-state index in [2.05, 4.69) is 15.6 Å². The summed E-state index contributed by atoms with van der Waals surface area (Å²) in [6.45, 7) is 3.70. The number of amides is 2. The number of benzene rings is 1. The van der Waals surface area contributed by atoms with Gasteiger partial charge in [-0.15, -0.1) is 0 Å². The predicted octanol–water partition coefficient (Wildman–Crippen LogP) is 3.65. The second kappa shape index (κ2) is 8.68. The molecule has 0 aliphatic rings. The van der Waals surface area contributed by atoms with E-state index in [4.69, 9.17) is 4.42 Å². The molecule has 7 heteroatoms. The number of carbonyl (C=O) groups excluding carboxylic acids is 2. The zero-order chi connectivity index (χ0) is 21.0. The molecular weight excluding hydrogens is 373 g/mol.